The van der Waals surface area contributed by atoms with Crippen LogP contribution >= 0.6 is 0 Å². The molecule has 0 rings (SSSR count). The first-order valence-corrected chi connectivity index (χ1v) is 5.68. The van der Waals surface area contributed by atoms with Gasteiger partial charge >= 0.3 is 5.97 Å². The van der Waals surface area contributed by atoms with Gasteiger partial charge in [0.15, 0.2) is 0 Å². The number of hydrogen-bond donors (Lipinski definition) is 3. The van der Waals surface area contributed by atoms with Crippen LogP contribution in [-0.2, 0) is 14.9 Å². The Morgan fingerprint density at radius 1 is 1.43 bits per heavy atom. The molecule has 0 heterocycles. The van der Waals surface area contributed by atoms with E-state index in [1.54, 1.807) is 13.8 Å². The molecule has 0 saturated carbocycles. The van der Waals surface area contributed by atoms with Gasteiger partial charge in [0, 0.05) is 0 Å². The molecule has 0 amide bonds. The van der Waals surface area contributed by atoms with E-state index in [9.17, 15) is 13.2 Å². The maximum atomic E-state index is 10.3. The average Bonchev–Trinajstić information content (AvgIpc) is 1.82. The summed E-state index contributed by atoms with van der Waals surface area (Å²) in [6, 6.07) is 0. The molecule has 0 aliphatic rings. The number of rotatable bonds is 2. The Morgan fingerprint density at radius 3 is 1.64 bits per heavy atom. The molecule has 0 aliphatic heterocycles. The molecule has 0 unspecified atom stereocenters. The van der Waals surface area contributed by atoms with E-state index >= 15 is 0 Å². The zero-order valence-electron chi connectivity index (χ0n) is 8.68. The van der Waals surface area contributed by atoms with Crippen molar-refractivity contribution in [2.75, 3.05) is 6.26 Å². The van der Waals surface area contributed by atoms with E-state index in [4.69, 9.17) is 15.4 Å². The number of hydrogen-bond acceptors (Lipinski definition) is 4. The highest BCUT2D eigenvalue weighted by Gasteiger charge is 2.31. The van der Waals surface area contributed by atoms with Gasteiger partial charge in [-0.15, -0.1) is 0 Å². The lowest BCUT2D eigenvalue weighted by molar-refractivity contribution is -0.144. The standard InChI is InChI=1S/C6H13NO2.CH4O3S/c1-4(2)6(3,7)5(8)9;1-5(2,3)4/h4H,7H2,1-3H3,(H,8,9);1H3,(H,2,3,4)/t6-;/m0./s1. The van der Waals surface area contributed by atoms with Crippen LogP contribution in [0, 0.1) is 5.92 Å². The Balaban J connectivity index is 0. The predicted octanol–water partition coefficient (Wildman–Crippen LogP) is -0.0516. The molecule has 1 atom stereocenters. The molecule has 0 spiro atoms. The molecule has 86 valence electrons. The molecule has 0 saturated heterocycles. The molecule has 0 aliphatic carbocycles. The summed E-state index contributed by atoms with van der Waals surface area (Å²) in [5, 5.41) is 8.49. The van der Waals surface area contributed by atoms with E-state index in [0.29, 0.717) is 6.26 Å². The second-order valence-electron chi connectivity index (χ2n) is 3.48. The van der Waals surface area contributed by atoms with Crippen LogP contribution in [0.3, 0.4) is 0 Å². The van der Waals surface area contributed by atoms with Gasteiger partial charge in [0.2, 0.25) is 0 Å². The Bertz CT molecular complexity index is 272. The molecule has 0 aromatic carbocycles. The molecular weight excluding hydrogens is 210 g/mol. The van der Waals surface area contributed by atoms with Gasteiger partial charge in [-0.25, -0.2) is 0 Å². The highest BCUT2D eigenvalue weighted by Crippen LogP contribution is 2.11. The molecule has 0 aromatic heterocycles. The number of carboxylic acids is 1. The monoisotopic (exact) mass is 227 g/mol. The van der Waals surface area contributed by atoms with Gasteiger partial charge in [-0.3, -0.25) is 9.35 Å². The summed E-state index contributed by atoms with van der Waals surface area (Å²) < 4.78 is 25.9. The zero-order valence-corrected chi connectivity index (χ0v) is 9.50. The number of carbonyl (C=O) groups is 1. The van der Waals surface area contributed by atoms with Gasteiger partial charge in [0.05, 0.1) is 6.26 Å². The molecule has 0 aromatic rings. The van der Waals surface area contributed by atoms with E-state index in [0.717, 1.165) is 0 Å². The third-order valence-corrected chi connectivity index (χ3v) is 1.66. The van der Waals surface area contributed by atoms with Crippen LogP contribution in [0.5, 0.6) is 0 Å². The van der Waals surface area contributed by atoms with Crippen molar-refractivity contribution in [1.82, 2.24) is 0 Å². The summed E-state index contributed by atoms with van der Waals surface area (Å²) >= 11 is 0. The molecule has 7 heteroatoms. The lowest BCUT2D eigenvalue weighted by Gasteiger charge is -2.22. The summed E-state index contributed by atoms with van der Waals surface area (Å²) in [5.74, 6) is -0.979. The van der Waals surface area contributed by atoms with Crippen LogP contribution in [0.2, 0.25) is 0 Å². The van der Waals surface area contributed by atoms with E-state index in [1.807, 2.05) is 0 Å². The van der Waals surface area contributed by atoms with Gasteiger partial charge in [-0.1, -0.05) is 13.8 Å². The smallest absolute Gasteiger partial charge is 0.323 e. The molecule has 0 radical (unpaired) electrons. The van der Waals surface area contributed by atoms with Gasteiger partial charge in [0.25, 0.3) is 10.1 Å². The van der Waals surface area contributed by atoms with E-state index in [1.165, 1.54) is 6.92 Å². The highest BCUT2D eigenvalue weighted by molar-refractivity contribution is 7.85. The minimum absolute atomic E-state index is 0.0324. The molecule has 0 bridgehead atoms. The van der Waals surface area contributed by atoms with Crippen LogP contribution in [0.4, 0.5) is 0 Å². The van der Waals surface area contributed by atoms with Crippen LogP contribution in [-0.4, -0.2) is 35.8 Å². The van der Waals surface area contributed by atoms with Gasteiger partial charge in [-0.2, -0.15) is 8.42 Å². The van der Waals surface area contributed by atoms with Crippen LogP contribution in [0.1, 0.15) is 20.8 Å². The van der Waals surface area contributed by atoms with Crippen molar-refractivity contribution in [2.45, 2.75) is 26.3 Å². The fourth-order valence-corrected chi connectivity index (χ4v) is 0.247. The van der Waals surface area contributed by atoms with Crippen LogP contribution in [0.25, 0.3) is 0 Å². The molecule has 14 heavy (non-hydrogen) atoms. The maximum absolute atomic E-state index is 10.3. The quantitative estimate of drug-likeness (QED) is 0.569. The van der Waals surface area contributed by atoms with Crippen molar-refractivity contribution in [3.05, 3.63) is 0 Å². The molecule has 4 N–H and O–H groups in total. The van der Waals surface area contributed by atoms with Gasteiger partial charge in [-0.05, 0) is 12.8 Å². The van der Waals surface area contributed by atoms with Crippen molar-refractivity contribution in [1.29, 1.82) is 0 Å². The van der Waals surface area contributed by atoms with Crippen molar-refractivity contribution in [3.63, 3.8) is 0 Å². The number of nitrogens with two attached hydrogens (primary N) is 1. The summed E-state index contributed by atoms with van der Waals surface area (Å²) in [6.07, 6.45) is 0.715. The Morgan fingerprint density at radius 2 is 1.64 bits per heavy atom. The van der Waals surface area contributed by atoms with E-state index in [-0.39, 0.29) is 5.92 Å². The third-order valence-electron chi connectivity index (χ3n) is 1.66. The zero-order chi connectivity index (χ0) is 12.2. The van der Waals surface area contributed by atoms with Crippen molar-refractivity contribution < 1.29 is 22.9 Å². The Labute approximate surface area is 83.9 Å². The largest absolute Gasteiger partial charge is 0.480 e. The van der Waals surface area contributed by atoms with Crippen molar-refractivity contribution in [2.24, 2.45) is 11.7 Å². The van der Waals surface area contributed by atoms with Gasteiger partial charge in [0.1, 0.15) is 5.54 Å². The summed E-state index contributed by atoms with van der Waals surface area (Å²) in [4.78, 5) is 10.3. The normalized spacial score (nSPS) is 15.4. The first-order valence-electron chi connectivity index (χ1n) is 3.83. The van der Waals surface area contributed by atoms with Crippen LogP contribution in [0.15, 0.2) is 0 Å². The minimum Gasteiger partial charge on any atom is -0.480 e. The molecular formula is C7H17NO5S. The summed E-state index contributed by atoms with van der Waals surface area (Å²) in [7, 11) is -3.67. The van der Waals surface area contributed by atoms with E-state index < -0.39 is 21.6 Å². The average molecular weight is 227 g/mol. The Kier molecular flexibility index (Phi) is 5.95. The lowest BCUT2D eigenvalue weighted by Crippen LogP contribution is -2.49. The van der Waals surface area contributed by atoms with Crippen molar-refractivity contribution >= 4 is 16.1 Å². The Hall–Kier alpha value is -0.660. The first-order chi connectivity index (χ1) is 5.89. The third kappa shape index (κ3) is 9.43. The van der Waals surface area contributed by atoms with E-state index in [2.05, 4.69) is 0 Å². The maximum Gasteiger partial charge on any atom is 0.323 e. The second-order valence-corrected chi connectivity index (χ2v) is 4.94. The lowest BCUT2D eigenvalue weighted by atomic mass is 9.90. The van der Waals surface area contributed by atoms with Crippen LogP contribution < -0.4 is 5.73 Å². The topological polar surface area (TPSA) is 118 Å². The predicted molar refractivity (Wildman–Crippen MR) is 52.5 cm³/mol. The number of carboxylic acid groups (broad SMARTS) is 1. The second kappa shape index (κ2) is 5.28. The van der Waals surface area contributed by atoms with Crippen molar-refractivity contribution in [3.8, 4) is 0 Å². The summed E-state index contributed by atoms with van der Waals surface area (Å²) in [5.41, 5.74) is 4.32. The number of aliphatic carboxylic acids is 1. The first kappa shape index (κ1) is 15.8. The highest BCUT2D eigenvalue weighted by atomic mass is 32.2. The summed E-state index contributed by atoms with van der Waals surface area (Å²) in [6.45, 7) is 5.09. The fourth-order valence-electron chi connectivity index (χ4n) is 0.247. The SMILES string of the molecule is CC(C)[C@](C)(N)C(=O)O.CS(=O)(=O)O. The van der Waals surface area contributed by atoms with Gasteiger partial charge < -0.3 is 10.8 Å². The molecule has 0 fully saturated rings. The molecule has 6 nitrogen and oxygen atoms in total. The fraction of sp³-hybridized carbons (Fsp3) is 0.857. The minimum atomic E-state index is -3.67.